The van der Waals surface area contributed by atoms with Gasteiger partial charge in [-0.25, -0.2) is 4.98 Å². The summed E-state index contributed by atoms with van der Waals surface area (Å²) in [6, 6.07) is 14.4. The summed E-state index contributed by atoms with van der Waals surface area (Å²) in [5.74, 6) is 1.14. The van der Waals surface area contributed by atoms with Crippen LogP contribution >= 0.6 is 11.3 Å². The Labute approximate surface area is 131 Å². The lowest BCUT2D eigenvalue weighted by Gasteiger charge is -2.06. The minimum atomic E-state index is -0.919. The van der Waals surface area contributed by atoms with Gasteiger partial charge in [-0.15, -0.1) is 11.3 Å². The van der Waals surface area contributed by atoms with Gasteiger partial charge in [-0.05, 0) is 37.1 Å². The maximum Gasteiger partial charge on any atom is 0.106 e. The number of para-hydroxylation sites is 1. The van der Waals surface area contributed by atoms with Crippen molar-refractivity contribution in [2.24, 2.45) is 0 Å². The number of benzene rings is 2. The fraction of sp³-hybridized carbons (Fsp3) is 0.235. The van der Waals surface area contributed by atoms with E-state index < -0.39 is 10.8 Å². The molecule has 0 spiro atoms. The average Bonchev–Trinajstić information content (AvgIpc) is 2.84. The normalized spacial score (nSPS) is 12.7. The molecule has 1 heterocycles. The quantitative estimate of drug-likeness (QED) is 0.716. The molecule has 0 saturated heterocycles. The molecule has 0 saturated carbocycles. The topological polar surface area (TPSA) is 30.0 Å². The number of rotatable bonds is 4. The zero-order chi connectivity index (χ0) is 14.8. The largest absolute Gasteiger partial charge is 0.259 e. The number of thiazole rings is 1. The summed E-state index contributed by atoms with van der Waals surface area (Å²) in [4.78, 5) is 4.56. The summed E-state index contributed by atoms with van der Waals surface area (Å²) < 4.78 is 13.6. The molecule has 21 heavy (non-hydrogen) atoms. The monoisotopic (exact) mass is 315 g/mol. The van der Waals surface area contributed by atoms with E-state index in [1.54, 1.807) is 11.3 Å². The molecule has 2 nitrogen and oxygen atoms in total. The second kappa shape index (κ2) is 6.08. The smallest absolute Gasteiger partial charge is 0.106 e. The molecule has 0 radical (unpaired) electrons. The van der Waals surface area contributed by atoms with E-state index in [1.165, 1.54) is 16.7 Å². The van der Waals surface area contributed by atoms with Crippen LogP contribution in [0, 0.1) is 13.8 Å². The van der Waals surface area contributed by atoms with Gasteiger partial charge in [-0.2, -0.15) is 0 Å². The van der Waals surface area contributed by atoms with Crippen LogP contribution in [-0.2, 0) is 22.3 Å². The Hall–Kier alpha value is -1.52. The van der Waals surface area contributed by atoms with E-state index in [-0.39, 0.29) is 0 Å². The SMILES string of the molecule is Cc1ccc(C)c(C[S@](=O)Cc2nc3ccccc3s2)c1. The molecule has 0 N–H and O–H groups in total. The van der Waals surface area contributed by atoms with Crippen LogP contribution in [0.1, 0.15) is 21.7 Å². The van der Waals surface area contributed by atoms with E-state index in [4.69, 9.17) is 0 Å². The molecule has 1 aromatic heterocycles. The molecule has 1 atom stereocenters. The third kappa shape index (κ3) is 3.39. The van der Waals surface area contributed by atoms with Crippen LogP contribution in [0.5, 0.6) is 0 Å². The van der Waals surface area contributed by atoms with Gasteiger partial charge in [0.15, 0.2) is 0 Å². The molecule has 0 fully saturated rings. The third-order valence-corrected chi connectivity index (χ3v) is 5.89. The predicted molar refractivity (Wildman–Crippen MR) is 91.1 cm³/mol. The van der Waals surface area contributed by atoms with Crippen molar-refractivity contribution in [1.82, 2.24) is 4.98 Å². The molecule has 0 aliphatic rings. The van der Waals surface area contributed by atoms with Crippen LogP contribution in [-0.4, -0.2) is 9.19 Å². The summed E-state index contributed by atoms with van der Waals surface area (Å²) in [6.45, 7) is 4.14. The van der Waals surface area contributed by atoms with Crippen LogP contribution in [0.15, 0.2) is 42.5 Å². The van der Waals surface area contributed by atoms with Crippen molar-refractivity contribution in [2.45, 2.75) is 25.4 Å². The van der Waals surface area contributed by atoms with Crippen molar-refractivity contribution < 1.29 is 4.21 Å². The van der Waals surface area contributed by atoms with Gasteiger partial charge in [0.1, 0.15) is 5.01 Å². The van der Waals surface area contributed by atoms with Crippen molar-refractivity contribution in [2.75, 3.05) is 0 Å². The standard InChI is InChI=1S/C17H17NOS2/c1-12-7-8-13(2)14(9-12)10-21(19)11-17-18-15-5-3-4-6-16(15)20-17/h3-9H,10-11H2,1-2H3/t21-/m0/s1. The molecule has 108 valence electrons. The van der Waals surface area contributed by atoms with E-state index in [2.05, 4.69) is 43.1 Å². The molecule has 0 unspecified atom stereocenters. The van der Waals surface area contributed by atoms with E-state index in [0.717, 1.165) is 15.2 Å². The highest BCUT2D eigenvalue weighted by atomic mass is 32.2. The second-order valence-electron chi connectivity index (χ2n) is 5.23. The Balaban J connectivity index is 1.75. The Bertz CT molecular complexity index is 774. The number of hydrogen-bond donors (Lipinski definition) is 0. The Morgan fingerprint density at radius 1 is 1.10 bits per heavy atom. The summed E-state index contributed by atoms with van der Waals surface area (Å²) in [5, 5.41) is 0.958. The van der Waals surface area contributed by atoms with E-state index >= 15 is 0 Å². The van der Waals surface area contributed by atoms with Gasteiger partial charge < -0.3 is 0 Å². The fourth-order valence-electron chi connectivity index (χ4n) is 2.30. The lowest BCUT2D eigenvalue weighted by molar-refractivity contribution is 0.682. The van der Waals surface area contributed by atoms with Crippen LogP contribution < -0.4 is 0 Å². The Kier molecular flexibility index (Phi) is 4.17. The minimum Gasteiger partial charge on any atom is -0.259 e. The van der Waals surface area contributed by atoms with E-state index in [1.807, 2.05) is 18.2 Å². The molecule has 0 amide bonds. The fourth-order valence-corrected chi connectivity index (χ4v) is 4.79. The van der Waals surface area contributed by atoms with Gasteiger partial charge in [0, 0.05) is 16.6 Å². The van der Waals surface area contributed by atoms with Crippen molar-refractivity contribution in [3.8, 4) is 0 Å². The van der Waals surface area contributed by atoms with Crippen LogP contribution in [0.4, 0.5) is 0 Å². The molecule has 3 aromatic rings. The zero-order valence-corrected chi connectivity index (χ0v) is 13.8. The van der Waals surface area contributed by atoms with Crippen molar-refractivity contribution in [3.05, 3.63) is 64.2 Å². The Morgan fingerprint density at radius 3 is 2.71 bits per heavy atom. The van der Waals surface area contributed by atoms with Gasteiger partial charge in [0.2, 0.25) is 0 Å². The van der Waals surface area contributed by atoms with Crippen molar-refractivity contribution in [3.63, 3.8) is 0 Å². The third-order valence-electron chi connectivity index (χ3n) is 3.44. The molecule has 3 rings (SSSR count). The molecular weight excluding hydrogens is 298 g/mol. The van der Waals surface area contributed by atoms with E-state index in [0.29, 0.717) is 11.5 Å². The maximum atomic E-state index is 12.4. The van der Waals surface area contributed by atoms with E-state index in [9.17, 15) is 4.21 Å². The summed E-state index contributed by atoms with van der Waals surface area (Å²) in [6.07, 6.45) is 0. The molecule has 0 aliphatic carbocycles. The first-order valence-corrected chi connectivity index (χ1v) is 9.18. The van der Waals surface area contributed by atoms with Gasteiger partial charge >= 0.3 is 0 Å². The highest BCUT2D eigenvalue weighted by Gasteiger charge is 2.10. The van der Waals surface area contributed by atoms with Crippen LogP contribution in [0.3, 0.4) is 0 Å². The highest BCUT2D eigenvalue weighted by molar-refractivity contribution is 7.83. The van der Waals surface area contributed by atoms with Gasteiger partial charge in [-0.3, -0.25) is 4.21 Å². The zero-order valence-electron chi connectivity index (χ0n) is 12.1. The molecule has 0 aliphatic heterocycles. The van der Waals surface area contributed by atoms with Crippen molar-refractivity contribution >= 4 is 32.4 Å². The summed E-state index contributed by atoms with van der Waals surface area (Å²) in [7, 11) is -0.919. The van der Waals surface area contributed by atoms with Crippen LogP contribution in [0.25, 0.3) is 10.2 Å². The average molecular weight is 315 g/mol. The molecular formula is C17H17NOS2. The lowest BCUT2D eigenvalue weighted by atomic mass is 10.1. The molecule has 2 aromatic carbocycles. The summed E-state index contributed by atoms with van der Waals surface area (Å²) >= 11 is 1.64. The van der Waals surface area contributed by atoms with Crippen LogP contribution in [0.2, 0.25) is 0 Å². The number of aryl methyl sites for hydroxylation is 2. The van der Waals surface area contributed by atoms with Gasteiger partial charge in [0.05, 0.1) is 16.0 Å². The Morgan fingerprint density at radius 2 is 1.90 bits per heavy atom. The van der Waals surface area contributed by atoms with Crippen molar-refractivity contribution in [1.29, 1.82) is 0 Å². The number of fused-ring (bicyclic) bond motifs is 1. The predicted octanol–water partition coefficient (Wildman–Crippen LogP) is 4.36. The minimum absolute atomic E-state index is 0.534. The highest BCUT2D eigenvalue weighted by Crippen LogP contribution is 2.23. The number of aromatic nitrogens is 1. The maximum absolute atomic E-state index is 12.4. The lowest BCUT2D eigenvalue weighted by Crippen LogP contribution is -2.01. The molecule has 0 bridgehead atoms. The van der Waals surface area contributed by atoms with Gasteiger partial charge in [0.25, 0.3) is 0 Å². The number of nitrogens with zero attached hydrogens (tertiary/aromatic N) is 1. The summed E-state index contributed by atoms with van der Waals surface area (Å²) in [5.41, 5.74) is 4.60. The molecule has 4 heteroatoms. The van der Waals surface area contributed by atoms with Gasteiger partial charge in [-0.1, -0.05) is 35.9 Å². The first kappa shape index (κ1) is 14.4. The first-order valence-electron chi connectivity index (χ1n) is 6.87. The first-order chi connectivity index (χ1) is 10.1. The number of hydrogen-bond acceptors (Lipinski definition) is 3. The second-order valence-corrected chi connectivity index (χ2v) is 7.81.